The molecular weight excluding hydrogens is 274 g/mol. The average Bonchev–Trinajstić information content (AvgIpc) is 3.06. The first-order chi connectivity index (χ1) is 8.51. The fourth-order valence-electron chi connectivity index (χ4n) is 2.38. The predicted molar refractivity (Wildman–Crippen MR) is 67.0 cm³/mol. The molecule has 2 heterocycles. The molecule has 3 rings (SSSR count). The summed E-state index contributed by atoms with van der Waals surface area (Å²) in [6.45, 7) is 0.281. The number of fused-ring (bicyclic) bond motifs is 1. The van der Waals surface area contributed by atoms with E-state index in [0.717, 1.165) is 4.88 Å². The Bertz CT molecular complexity index is 588. The Morgan fingerprint density at radius 1 is 1.44 bits per heavy atom. The van der Waals surface area contributed by atoms with Crippen molar-refractivity contribution in [1.82, 2.24) is 4.31 Å². The summed E-state index contributed by atoms with van der Waals surface area (Å²) in [5, 5.41) is 10.8. The van der Waals surface area contributed by atoms with Gasteiger partial charge in [-0.3, -0.25) is 4.79 Å². The number of carboxylic acid groups (broad SMARTS) is 1. The maximum atomic E-state index is 12.3. The third-order valence-corrected chi connectivity index (χ3v) is 6.79. The van der Waals surface area contributed by atoms with E-state index >= 15 is 0 Å². The van der Waals surface area contributed by atoms with Crippen LogP contribution in [0.3, 0.4) is 0 Å². The van der Waals surface area contributed by atoms with Gasteiger partial charge in [0, 0.05) is 11.4 Å². The molecule has 0 aromatic carbocycles. The SMILES string of the molecule is O=C(O)C1c2ccsc2CCN1S(=O)(=O)C1CC1. The number of sulfonamides is 1. The minimum Gasteiger partial charge on any atom is -0.480 e. The lowest BCUT2D eigenvalue weighted by molar-refractivity contribution is -0.142. The van der Waals surface area contributed by atoms with E-state index in [9.17, 15) is 18.3 Å². The van der Waals surface area contributed by atoms with E-state index in [1.165, 1.54) is 15.6 Å². The zero-order chi connectivity index (χ0) is 12.9. The maximum absolute atomic E-state index is 12.3. The number of hydrogen-bond donors (Lipinski definition) is 1. The summed E-state index contributed by atoms with van der Waals surface area (Å²) in [5.74, 6) is -1.08. The summed E-state index contributed by atoms with van der Waals surface area (Å²) in [7, 11) is -3.45. The fraction of sp³-hybridized carbons (Fsp3) is 0.545. The minimum absolute atomic E-state index is 0.281. The van der Waals surface area contributed by atoms with Crippen LogP contribution in [0.2, 0.25) is 0 Å². The normalized spacial score (nSPS) is 24.8. The molecule has 2 aliphatic rings. The molecule has 0 bridgehead atoms. The maximum Gasteiger partial charge on any atom is 0.326 e. The van der Waals surface area contributed by atoms with Gasteiger partial charge in [-0.25, -0.2) is 8.42 Å². The molecule has 1 atom stereocenters. The van der Waals surface area contributed by atoms with Crippen molar-refractivity contribution >= 4 is 27.3 Å². The number of hydrogen-bond acceptors (Lipinski definition) is 4. The van der Waals surface area contributed by atoms with E-state index in [2.05, 4.69) is 0 Å². The molecule has 0 spiro atoms. The van der Waals surface area contributed by atoms with Gasteiger partial charge in [0.25, 0.3) is 0 Å². The first kappa shape index (κ1) is 12.1. The van der Waals surface area contributed by atoms with Gasteiger partial charge in [-0.2, -0.15) is 4.31 Å². The lowest BCUT2D eigenvalue weighted by atomic mass is 10.0. The highest BCUT2D eigenvalue weighted by Crippen LogP contribution is 2.40. The number of aliphatic carboxylic acids is 1. The number of carbonyl (C=O) groups is 1. The molecular formula is C11H13NO4S2. The van der Waals surface area contributed by atoms with Gasteiger partial charge >= 0.3 is 5.97 Å². The second-order valence-electron chi connectivity index (χ2n) is 4.64. The number of rotatable bonds is 3. The summed E-state index contributed by atoms with van der Waals surface area (Å²) < 4.78 is 25.7. The van der Waals surface area contributed by atoms with Gasteiger partial charge < -0.3 is 5.11 Å². The van der Waals surface area contributed by atoms with Crippen molar-refractivity contribution in [3.63, 3.8) is 0 Å². The van der Waals surface area contributed by atoms with Crippen molar-refractivity contribution in [2.75, 3.05) is 6.54 Å². The first-order valence-corrected chi connectivity index (χ1v) is 8.20. The van der Waals surface area contributed by atoms with Crippen molar-refractivity contribution in [2.24, 2.45) is 0 Å². The number of nitrogens with zero attached hydrogens (tertiary/aromatic N) is 1. The predicted octanol–water partition coefficient (Wildman–Crippen LogP) is 1.22. The van der Waals surface area contributed by atoms with Crippen molar-refractivity contribution in [3.8, 4) is 0 Å². The van der Waals surface area contributed by atoms with Crippen LogP contribution in [0.1, 0.15) is 29.3 Å². The van der Waals surface area contributed by atoms with Gasteiger partial charge in [0.1, 0.15) is 6.04 Å². The van der Waals surface area contributed by atoms with E-state index in [-0.39, 0.29) is 11.8 Å². The van der Waals surface area contributed by atoms with Crippen LogP contribution >= 0.6 is 11.3 Å². The van der Waals surface area contributed by atoms with E-state index in [4.69, 9.17) is 0 Å². The number of carboxylic acids is 1. The molecule has 98 valence electrons. The third-order valence-electron chi connectivity index (χ3n) is 3.43. The highest BCUT2D eigenvalue weighted by atomic mass is 32.2. The Morgan fingerprint density at radius 3 is 2.78 bits per heavy atom. The molecule has 0 radical (unpaired) electrons. The minimum atomic E-state index is -3.45. The quantitative estimate of drug-likeness (QED) is 0.907. The highest BCUT2D eigenvalue weighted by molar-refractivity contribution is 7.90. The lowest BCUT2D eigenvalue weighted by Crippen LogP contribution is -2.44. The van der Waals surface area contributed by atoms with Crippen molar-refractivity contribution in [2.45, 2.75) is 30.6 Å². The van der Waals surface area contributed by atoms with Crippen molar-refractivity contribution in [3.05, 3.63) is 21.9 Å². The largest absolute Gasteiger partial charge is 0.480 e. The summed E-state index contributed by atoms with van der Waals surface area (Å²) in [6, 6.07) is 0.693. The Balaban J connectivity index is 2.04. The van der Waals surface area contributed by atoms with Crippen LogP contribution in [-0.2, 0) is 21.2 Å². The van der Waals surface area contributed by atoms with Crippen LogP contribution in [0, 0.1) is 0 Å². The highest BCUT2D eigenvalue weighted by Gasteiger charge is 2.47. The van der Waals surface area contributed by atoms with Gasteiger partial charge in [-0.15, -0.1) is 11.3 Å². The molecule has 1 aromatic rings. The molecule has 1 fully saturated rings. The molecule has 18 heavy (non-hydrogen) atoms. The van der Waals surface area contributed by atoms with Crippen LogP contribution in [-0.4, -0.2) is 35.6 Å². The van der Waals surface area contributed by atoms with E-state index in [1.807, 2.05) is 5.38 Å². The van der Waals surface area contributed by atoms with E-state index in [0.29, 0.717) is 24.8 Å². The van der Waals surface area contributed by atoms with Gasteiger partial charge in [-0.1, -0.05) is 0 Å². The molecule has 1 aliphatic carbocycles. The Hall–Kier alpha value is -0.920. The molecule has 5 nitrogen and oxygen atoms in total. The van der Waals surface area contributed by atoms with Gasteiger partial charge in [-0.05, 0) is 36.3 Å². The lowest BCUT2D eigenvalue weighted by Gasteiger charge is -2.32. The molecule has 1 saturated carbocycles. The Labute approximate surface area is 109 Å². The smallest absolute Gasteiger partial charge is 0.326 e. The van der Waals surface area contributed by atoms with Crippen LogP contribution < -0.4 is 0 Å². The standard InChI is InChI=1S/C11H13NO4S2/c13-11(14)10-8-4-6-17-9(8)3-5-12(10)18(15,16)7-1-2-7/h4,6-7,10H,1-3,5H2,(H,13,14). The van der Waals surface area contributed by atoms with Crippen LogP contribution in [0.15, 0.2) is 11.4 Å². The molecule has 0 saturated heterocycles. The molecule has 7 heteroatoms. The van der Waals surface area contributed by atoms with E-state index < -0.39 is 22.0 Å². The Kier molecular flexibility index (Phi) is 2.72. The summed E-state index contributed by atoms with van der Waals surface area (Å²) in [5.41, 5.74) is 0.642. The van der Waals surface area contributed by atoms with Gasteiger partial charge in [0.05, 0.1) is 5.25 Å². The molecule has 1 unspecified atom stereocenters. The summed E-state index contributed by atoms with van der Waals surface area (Å²) >= 11 is 1.50. The molecule has 1 aliphatic heterocycles. The molecule has 0 amide bonds. The van der Waals surface area contributed by atoms with Crippen LogP contribution in [0.25, 0.3) is 0 Å². The second kappa shape index (κ2) is 4.04. The van der Waals surface area contributed by atoms with Crippen molar-refractivity contribution < 1.29 is 18.3 Å². The van der Waals surface area contributed by atoms with Gasteiger partial charge in [0.15, 0.2) is 0 Å². The van der Waals surface area contributed by atoms with Crippen LogP contribution in [0.4, 0.5) is 0 Å². The average molecular weight is 287 g/mol. The topological polar surface area (TPSA) is 74.7 Å². The molecule has 1 N–H and O–H groups in total. The first-order valence-electron chi connectivity index (χ1n) is 5.81. The zero-order valence-electron chi connectivity index (χ0n) is 9.57. The second-order valence-corrected chi connectivity index (χ2v) is 7.81. The molecule has 1 aromatic heterocycles. The van der Waals surface area contributed by atoms with Crippen molar-refractivity contribution in [1.29, 1.82) is 0 Å². The Morgan fingerprint density at radius 2 is 2.17 bits per heavy atom. The van der Waals surface area contributed by atoms with Crippen LogP contribution in [0.5, 0.6) is 0 Å². The zero-order valence-corrected chi connectivity index (χ0v) is 11.2. The fourth-order valence-corrected chi connectivity index (χ4v) is 5.24. The van der Waals surface area contributed by atoms with E-state index in [1.54, 1.807) is 6.07 Å². The van der Waals surface area contributed by atoms with Gasteiger partial charge in [0.2, 0.25) is 10.0 Å². The summed E-state index contributed by atoms with van der Waals surface area (Å²) in [4.78, 5) is 12.4. The summed E-state index contributed by atoms with van der Waals surface area (Å²) in [6.07, 6.45) is 1.92. The third kappa shape index (κ3) is 1.77. The monoisotopic (exact) mass is 287 g/mol. The number of thiophene rings is 1.